The number of benzene rings is 7. The Balaban J connectivity index is 1.38. The van der Waals surface area contributed by atoms with Crippen LogP contribution < -0.4 is 0 Å². The normalized spacial score (nSPS) is 12.1. The molecule has 0 radical (unpaired) electrons. The first kappa shape index (κ1) is 26.3. The van der Waals surface area contributed by atoms with Crippen LogP contribution >= 0.6 is 0 Å². The molecule has 0 bridgehead atoms. The lowest BCUT2D eigenvalue weighted by molar-refractivity contribution is 1.16. The van der Waals surface area contributed by atoms with Crippen LogP contribution in [0.4, 0.5) is 0 Å². The van der Waals surface area contributed by atoms with Crippen LogP contribution in [-0.2, 0) is 0 Å². The van der Waals surface area contributed by atoms with Crippen molar-refractivity contribution in [3.05, 3.63) is 182 Å². The fraction of sp³-hybridized carbons (Fsp3) is 0. The van der Waals surface area contributed by atoms with Crippen molar-refractivity contribution in [2.24, 2.45) is 0 Å². The van der Waals surface area contributed by atoms with Crippen molar-refractivity contribution < 1.29 is 0 Å². The Kier molecular flexibility index (Phi) is 6.00. The summed E-state index contributed by atoms with van der Waals surface area (Å²) in [5.41, 5.74) is 10.6. The highest BCUT2D eigenvalue weighted by Gasteiger charge is 2.22. The molecule has 0 N–H and O–H groups in total. The summed E-state index contributed by atoms with van der Waals surface area (Å²) >= 11 is 0. The van der Waals surface area contributed by atoms with Crippen LogP contribution in [0.3, 0.4) is 0 Å². The monoisotopic (exact) mass is 586 g/mol. The molecule has 0 unspecified atom stereocenters. The number of nitrogens with zero attached hydrogens (tertiary/aromatic N) is 2. The highest BCUT2D eigenvalue weighted by Crippen LogP contribution is 2.42. The topological polar surface area (TPSA) is 9.86 Å². The Morgan fingerprint density at radius 2 is 1.09 bits per heavy atom. The molecular formula is C44H30N2. The second-order valence-electron chi connectivity index (χ2n) is 11.8. The minimum Gasteiger partial charge on any atom is -0.307 e. The van der Waals surface area contributed by atoms with Crippen molar-refractivity contribution in [3.63, 3.8) is 0 Å². The van der Waals surface area contributed by atoms with Gasteiger partial charge in [-0.25, -0.2) is 0 Å². The number of hydrogen-bond donors (Lipinski definition) is 0. The molecule has 7 aromatic carbocycles. The van der Waals surface area contributed by atoms with E-state index < -0.39 is 0 Å². The van der Waals surface area contributed by atoms with E-state index in [1.165, 1.54) is 65.5 Å². The van der Waals surface area contributed by atoms with E-state index in [9.17, 15) is 0 Å². The van der Waals surface area contributed by atoms with Crippen molar-refractivity contribution >= 4 is 60.1 Å². The highest BCUT2D eigenvalue weighted by atomic mass is 15.0. The van der Waals surface area contributed by atoms with E-state index >= 15 is 0 Å². The Labute approximate surface area is 267 Å². The molecule has 0 atom stereocenters. The second-order valence-corrected chi connectivity index (χ2v) is 11.8. The van der Waals surface area contributed by atoms with E-state index in [-0.39, 0.29) is 0 Å². The van der Waals surface area contributed by atoms with Gasteiger partial charge in [-0.05, 0) is 57.8 Å². The Hall–Kier alpha value is -6.12. The van der Waals surface area contributed by atoms with Crippen LogP contribution in [0.15, 0.2) is 176 Å². The van der Waals surface area contributed by atoms with E-state index in [1.54, 1.807) is 0 Å². The lowest BCUT2D eigenvalue weighted by Gasteiger charge is -2.16. The van der Waals surface area contributed by atoms with Crippen LogP contribution in [-0.4, -0.2) is 9.13 Å². The van der Waals surface area contributed by atoms with Gasteiger partial charge in [0, 0.05) is 27.2 Å². The maximum absolute atomic E-state index is 4.12. The van der Waals surface area contributed by atoms with Gasteiger partial charge in [0.2, 0.25) is 0 Å². The average molecular weight is 587 g/mol. The molecule has 0 aliphatic rings. The summed E-state index contributed by atoms with van der Waals surface area (Å²) in [7, 11) is 0. The number of fused-ring (bicyclic) bond motifs is 8. The predicted octanol–water partition coefficient (Wildman–Crippen LogP) is 11.8. The molecule has 0 amide bonds. The maximum Gasteiger partial charge on any atom is 0.0789 e. The smallest absolute Gasteiger partial charge is 0.0789 e. The van der Waals surface area contributed by atoms with Gasteiger partial charge in [-0.1, -0.05) is 146 Å². The quantitative estimate of drug-likeness (QED) is 0.178. The number of allylic oxidation sites excluding steroid dienone is 2. The standard InChI is InChI=1S/C44H30N2/c1-2-13-40(32-15-4-3-5-16-32)46-42-23-11-9-20-37(42)39-29-28-38-36-19-8-10-22-41(36)45(43(38)44(39)46)33-26-24-31(25-27-33)35-21-12-17-30-14-6-7-18-34(30)35/h2-29H,1H2/b40-13+. The van der Waals surface area contributed by atoms with Crippen molar-refractivity contribution in [3.8, 4) is 16.8 Å². The summed E-state index contributed by atoms with van der Waals surface area (Å²) in [4.78, 5) is 0. The van der Waals surface area contributed by atoms with E-state index in [0.717, 1.165) is 16.9 Å². The molecule has 0 spiro atoms. The van der Waals surface area contributed by atoms with Crippen LogP contribution in [0.25, 0.3) is 76.9 Å². The maximum atomic E-state index is 4.12. The lowest BCUT2D eigenvalue weighted by atomic mass is 9.98. The summed E-state index contributed by atoms with van der Waals surface area (Å²) < 4.78 is 4.88. The second kappa shape index (κ2) is 10.5. The number of hydrogen-bond acceptors (Lipinski definition) is 0. The first-order valence-corrected chi connectivity index (χ1v) is 15.7. The molecule has 2 aromatic heterocycles. The fourth-order valence-corrected chi connectivity index (χ4v) is 7.31. The zero-order valence-electron chi connectivity index (χ0n) is 25.3. The average Bonchev–Trinajstić information content (AvgIpc) is 3.64. The summed E-state index contributed by atoms with van der Waals surface area (Å²) in [6.45, 7) is 4.12. The third kappa shape index (κ3) is 3.90. The first-order chi connectivity index (χ1) is 22.8. The summed E-state index contributed by atoms with van der Waals surface area (Å²) in [6.07, 6.45) is 4.02. The molecule has 0 aliphatic carbocycles. The van der Waals surface area contributed by atoms with Gasteiger partial charge < -0.3 is 9.13 Å². The Morgan fingerprint density at radius 1 is 0.478 bits per heavy atom. The zero-order chi connectivity index (χ0) is 30.6. The van der Waals surface area contributed by atoms with Crippen molar-refractivity contribution in [1.82, 2.24) is 9.13 Å². The zero-order valence-corrected chi connectivity index (χ0v) is 25.3. The van der Waals surface area contributed by atoms with Gasteiger partial charge in [-0.2, -0.15) is 0 Å². The SMILES string of the molecule is C=C/C=C(\c1ccccc1)n1c2ccccc2c2ccc3c4ccccc4n(-c4ccc(-c5cccc6ccccc56)cc4)c3c21. The summed E-state index contributed by atoms with van der Waals surface area (Å²) in [5.74, 6) is 0. The third-order valence-electron chi connectivity index (χ3n) is 9.28. The Morgan fingerprint density at radius 3 is 1.85 bits per heavy atom. The van der Waals surface area contributed by atoms with Gasteiger partial charge in [0.1, 0.15) is 0 Å². The number of para-hydroxylation sites is 2. The van der Waals surface area contributed by atoms with Crippen LogP contribution in [0, 0.1) is 0 Å². The van der Waals surface area contributed by atoms with E-state index in [2.05, 4.69) is 180 Å². The molecule has 0 saturated carbocycles. The van der Waals surface area contributed by atoms with Crippen molar-refractivity contribution in [2.45, 2.75) is 0 Å². The van der Waals surface area contributed by atoms with Crippen LogP contribution in [0.1, 0.15) is 5.56 Å². The van der Waals surface area contributed by atoms with Crippen molar-refractivity contribution in [2.75, 3.05) is 0 Å². The molecule has 2 nitrogen and oxygen atoms in total. The molecule has 0 saturated heterocycles. The van der Waals surface area contributed by atoms with Gasteiger partial charge in [0.05, 0.1) is 27.8 Å². The van der Waals surface area contributed by atoms with Gasteiger partial charge in [-0.15, -0.1) is 0 Å². The third-order valence-corrected chi connectivity index (χ3v) is 9.28. The molecule has 0 fully saturated rings. The molecule has 2 heteroatoms. The predicted molar refractivity (Wildman–Crippen MR) is 197 cm³/mol. The highest BCUT2D eigenvalue weighted by molar-refractivity contribution is 6.24. The fourth-order valence-electron chi connectivity index (χ4n) is 7.31. The molecule has 9 rings (SSSR count). The molecule has 46 heavy (non-hydrogen) atoms. The first-order valence-electron chi connectivity index (χ1n) is 15.7. The van der Waals surface area contributed by atoms with Gasteiger partial charge in [0.25, 0.3) is 0 Å². The molecule has 0 aliphatic heterocycles. The van der Waals surface area contributed by atoms with Crippen molar-refractivity contribution in [1.29, 1.82) is 0 Å². The van der Waals surface area contributed by atoms with Gasteiger partial charge >= 0.3 is 0 Å². The number of rotatable bonds is 5. The molecule has 9 aromatic rings. The van der Waals surface area contributed by atoms with Gasteiger partial charge in [-0.3, -0.25) is 0 Å². The Bertz CT molecular complexity index is 2630. The molecule has 2 heterocycles. The van der Waals surface area contributed by atoms with Gasteiger partial charge in [0.15, 0.2) is 0 Å². The number of aromatic nitrogens is 2. The lowest BCUT2D eigenvalue weighted by Crippen LogP contribution is -2.01. The van der Waals surface area contributed by atoms with Crippen LogP contribution in [0.5, 0.6) is 0 Å². The minimum atomic E-state index is 1.09. The summed E-state index contributed by atoms with van der Waals surface area (Å²) in [5, 5.41) is 7.45. The van der Waals surface area contributed by atoms with E-state index in [0.29, 0.717) is 0 Å². The molecule has 216 valence electrons. The largest absolute Gasteiger partial charge is 0.307 e. The van der Waals surface area contributed by atoms with Crippen LogP contribution in [0.2, 0.25) is 0 Å². The summed E-state index contributed by atoms with van der Waals surface area (Å²) in [6, 6.07) is 57.0. The molecular weight excluding hydrogens is 556 g/mol. The minimum absolute atomic E-state index is 1.09. The van der Waals surface area contributed by atoms with E-state index in [1.807, 2.05) is 6.08 Å². The van der Waals surface area contributed by atoms with E-state index in [4.69, 9.17) is 0 Å².